The number of carbonyl (C=O) groups excluding carboxylic acids is 1. The maximum Gasteiger partial charge on any atom is 0.267 e. The predicted molar refractivity (Wildman–Crippen MR) is 143 cm³/mol. The summed E-state index contributed by atoms with van der Waals surface area (Å²) in [6.07, 6.45) is 9.26. The van der Waals surface area contributed by atoms with Crippen LogP contribution in [0.15, 0.2) is 53.6 Å². The topological polar surface area (TPSA) is 90.5 Å². The lowest BCUT2D eigenvalue weighted by atomic mass is 9.76. The molecule has 1 saturated heterocycles. The summed E-state index contributed by atoms with van der Waals surface area (Å²) in [5.41, 5.74) is 3.04. The quantitative estimate of drug-likeness (QED) is 0.565. The lowest BCUT2D eigenvalue weighted by Gasteiger charge is -2.37. The van der Waals surface area contributed by atoms with E-state index in [9.17, 15) is 14.9 Å². The van der Waals surface area contributed by atoms with E-state index in [-0.39, 0.29) is 23.1 Å². The number of hydrogen-bond acceptors (Lipinski definition) is 5. The van der Waals surface area contributed by atoms with Crippen LogP contribution in [0.1, 0.15) is 72.6 Å². The Labute approximate surface area is 218 Å². The van der Waals surface area contributed by atoms with Crippen LogP contribution >= 0.6 is 0 Å². The van der Waals surface area contributed by atoms with Gasteiger partial charge in [0.1, 0.15) is 11.0 Å². The zero-order valence-electron chi connectivity index (χ0n) is 21.7. The first-order valence-electron chi connectivity index (χ1n) is 13.4. The second-order valence-corrected chi connectivity index (χ2v) is 10.9. The van der Waals surface area contributed by atoms with Crippen LogP contribution < -0.4 is 10.9 Å². The van der Waals surface area contributed by atoms with Gasteiger partial charge < -0.3 is 5.32 Å². The van der Waals surface area contributed by atoms with E-state index in [4.69, 9.17) is 0 Å². The third-order valence-electron chi connectivity index (χ3n) is 8.35. The number of hydrogen-bond donors (Lipinski definition) is 1. The fourth-order valence-corrected chi connectivity index (χ4v) is 5.94. The number of piperidine rings is 1. The summed E-state index contributed by atoms with van der Waals surface area (Å²) in [5, 5.41) is 13.2. The Balaban J connectivity index is 1.39. The van der Waals surface area contributed by atoms with Crippen molar-refractivity contribution in [1.82, 2.24) is 19.6 Å². The standard InChI is InChI=1S/C30H35N5O2/c1-21-10-13-32-27(17-21)30(20-31)11-15-34(16-12-30)19-23-18-24(29(37)35-14-6-5-9-26(23)35)28(36)33-25-8-4-3-7-22(25)2/h5-6,9-10,13-14,17-18,22,25H,3-4,7-8,11-12,15-16,19H2,1-2H3,(H,33,36). The van der Waals surface area contributed by atoms with E-state index in [0.29, 0.717) is 25.3 Å². The summed E-state index contributed by atoms with van der Waals surface area (Å²) in [5.74, 6) is 0.132. The van der Waals surface area contributed by atoms with E-state index < -0.39 is 5.41 Å². The molecule has 1 aliphatic carbocycles. The van der Waals surface area contributed by atoms with E-state index in [1.54, 1.807) is 22.9 Å². The summed E-state index contributed by atoms with van der Waals surface area (Å²) >= 11 is 0. The molecule has 2 aliphatic rings. The number of nitriles is 1. The van der Waals surface area contributed by atoms with Gasteiger partial charge >= 0.3 is 0 Å². The molecule has 0 aromatic carbocycles. The third kappa shape index (κ3) is 5.03. The summed E-state index contributed by atoms with van der Waals surface area (Å²) in [7, 11) is 0. The zero-order valence-corrected chi connectivity index (χ0v) is 21.7. The highest BCUT2D eigenvalue weighted by molar-refractivity contribution is 5.94. The lowest BCUT2D eigenvalue weighted by Crippen LogP contribution is -2.43. The molecule has 4 heterocycles. The Bertz CT molecular complexity index is 1400. The van der Waals surface area contributed by atoms with Gasteiger partial charge in [0, 0.05) is 38.1 Å². The summed E-state index contributed by atoms with van der Waals surface area (Å²) in [4.78, 5) is 33.4. The molecular formula is C30H35N5O2. The van der Waals surface area contributed by atoms with Crippen LogP contribution in [-0.4, -0.2) is 39.3 Å². The van der Waals surface area contributed by atoms with Crippen molar-refractivity contribution in [2.75, 3.05) is 13.1 Å². The van der Waals surface area contributed by atoms with Gasteiger partial charge in [-0.3, -0.25) is 23.9 Å². The molecule has 7 nitrogen and oxygen atoms in total. The lowest BCUT2D eigenvalue weighted by molar-refractivity contribution is 0.0908. The number of likely N-dealkylation sites (tertiary alicyclic amines) is 1. The molecule has 0 bridgehead atoms. The number of aryl methyl sites for hydroxylation is 1. The number of nitrogens with one attached hydrogen (secondary N) is 1. The number of amides is 1. The van der Waals surface area contributed by atoms with Crippen molar-refractivity contribution in [3.8, 4) is 6.07 Å². The van der Waals surface area contributed by atoms with Gasteiger partial charge in [0.05, 0.1) is 17.3 Å². The molecule has 3 aromatic heterocycles. The number of rotatable bonds is 5. The fourth-order valence-electron chi connectivity index (χ4n) is 5.94. The molecule has 2 atom stereocenters. The average Bonchev–Trinajstić information content (AvgIpc) is 2.92. The third-order valence-corrected chi connectivity index (χ3v) is 8.35. The SMILES string of the molecule is Cc1ccnc(C2(C#N)CCN(Cc3cc(C(=O)NC4CCCCC4C)c(=O)n4ccccc34)CC2)c1. The number of aromatic nitrogens is 2. The van der Waals surface area contributed by atoms with Crippen molar-refractivity contribution in [2.45, 2.75) is 70.4 Å². The van der Waals surface area contributed by atoms with Gasteiger partial charge in [0.2, 0.25) is 0 Å². The molecule has 5 rings (SSSR count). The van der Waals surface area contributed by atoms with Crippen molar-refractivity contribution in [3.05, 3.63) is 81.5 Å². The summed E-state index contributed by atoms with van der Waals surface area (Å²) < 4.78 is 1.59. The van der Waals surface area contributed by atoms with Crippen LogP contribution in [-0.2, 0) is 12.0 Å². The fraction of sp³-hybridized carbons (Fsp3) is 0.467. The van der Waals surface area contributed by atoms with Crippen molar-refractivity contribution in [3.63, 3.8) is 0 Å². The van der Waals surface area contributed by atoms with Gasteiger partial charge in [0.15, 0.2) is 0 Å². The summed E-state index contributed by atoms with van der Waals surface area (Å²) in [6, 6.07) is 14.1. The van der Waals surface area contributed by atoms with Crippen LogP contribution in [0, 0.1) is 24.2 Å². The zero-order chi connectivity index (χ0) is 26.0. The molecule has 3 aromatic rings. The van der Waals surface area contributed by atoms with Crippen molar-refractivity contribution >= 4 is 11.4 Å². The largest absolute Gasteiger partial charge is 0.349 e. The van der Waals surface area contributed by atoms with Crippen molar-refractivity contribution in [1.29, 1.82) is 5.26 Å². The van der Waals surface area contributed by atoms with Gasteiger partial charge in [-0.1, -0.05) is 25.8 Å². The molecule has 0 spiro atoms. The molecule has 7 heteroatoms. The van der Waals surface area contributed by atoms with Crippen LogP contribution in [0.4, 0.5) is 0 Å². The van der Waals surface area contributed by atoms with Gasteiger partial charge in [-0.2, -0.15) is 5.26 Å². The van der Waals surface area contributed by atoms with E-state index in [2.05, 4.69) is 28.2 Å². The molecule has 2 fully saturated rings. The molecule has 1 saturated carbocycles. The van der Waals surface area contributed by atoms with Gasteiger partial charge in [-0.05, 0) is 80.0 Å². The first-order valence-corrected chi connectivity index (χ1v) is 13.4. The highest BCUT2D eigenvalue weighted by Crippen LogP contribution is 2.35. The van der Waals surface area contributed by atoms with Crippen LogP contribution in [0.2, 0.25) is 0 Å². The number of nitrogens with zero attached hydrogens (tertiary/aromatic N) is 4. The monoisotopic (exact) mass is 497 g/mol. The Morgan fingerprint density at radius 1 is 1.19 bits per heavy atom. The van der Waals surface area contributed by atoms with Gasteiger partial charge in [0.25, 0.3) is 11.5 Å². The van der Waals surface area contributed by atoms with Crippen LogP contribution in [0.3, 0.4) is 0 Å². The van der Waals surface area contributed by atoms with E-state index >= 15 is 0 Å². The molecule has 1 aliphatic heterocycles. The maximum atomic E-state index is 13.3. The molecule has 37 heavy (non-hydrogen) atoms. The Morgan fingerprint density at radius 2 is 1.97 bits per heavy atom. The molecular weight excluding hydrogens is 462 g/mol. The minimum atomic E-state index is -0.583. The van der Waals surface area contributed by atoms with Crippen molar-refractivity contribution in [2.24, 2.45) is 5.92 Å². The minimum Gasteiger partial charge on any atom is -0.349 e. The molecule has 0 radical (unpaired) electrons. The molecule has 192 valence electrons. The van der Waals surface area contributed by atoms with E-state index in [0.717, 1.165) is 54.7 Å². The van der Waals surface area contributed by atoms with Gasteiger partial charge in [-0.25, -0.2) is 0 Å². The normalized spacial score (nSPS) is 21.9. The Morgan fingerprint density at radius 3 is 2.70 bits per heavy atom. The van der Waals surface area contributed by atoms with Crippen LogP contribution in [0.25, 0.3) is 5.52 Å². The average molecular weight is 498 g/mol. The van der Waals surface area contributed by atoms with Crippen LogP contribution in [0.5, 0.6) is 0 Å². The minimum absolute atomic E-state index is 0.108. The Kier molecular flexibility index (Phi) is 7.12. The predicted octanol–water partition coefficient (Wildman–Crippen LogP) is 4.37. The number of carbonyl (C=O) groups is 1. The number of pyridine rings is 3. The molecule has 2 unspecified atom stereocenters. The second-order valence-electron chi connectivity index (χ2n) is 10.9. The summed E-state index contributed by atoms with van der Waals surface area (Å²) in [6.45, 7) is 6.28. The van der Waals surface area contributed by atoms with Crippen molar-refractivity contribution < 1.29 is 4.79 Å². The number of fused-ring (bicyclic) bond motifs is 1. The first kappa shape index (κ1) is 25.2. The smallest absolute Gasteiger partial charge is 0.267 e. The van der Waals surface area contributed by atoms with E-state index in [1.165, 1.54) is 6.42 Å². The second kappa shape index (κ2) is 10.5. The van der Waals surface area contributed by atoms with E-state index in [1.807, 2.05) is 37.3 Å². The van der Waals surface area contributed by atoms with Gasteiger partial charge in [-0.15, -0.1) is 0 Å². The first-order chi connectivity index (χ1) is 17.9. The molecule has 1 N–H and O–H groups in total. The Hall–Kier alpha value is -3.50. The highest BCUT2D eigenvalue weighted by atomic mass is 16.2. The highest BCUT2D eigenvalue weighted by Gasteiger charge is 2.38. The maximum absolute atomic E-state index is 13.3. The molecule has 1 amide bonds.